The molecule has 2 aromatic rings. The lowest BCUT2D eigenvalue weighted by Gasteiger charge is -2.19. The highest BCUT2D eigenvalue weighted by molar-refractivity contribution is 7.89. The predicted molar refractivity (Wildman–Crippen MR) is 119 cm³/mol. The summed E-state index contributed by atoms with van der Waals surface area (Å²) < 4.78 is 58.3. The lowest BCUT2D eigenvalue weighted by Crippen LogP contribution is -2.31. The van der Waals surface area contributed by atoms with Crippen LogP contribution in [0.1, 0.15) is 31.2 Å². The van der Waals surface area contributed by atoms with Gasteiger partial charge < -0.3 is 10.1 Å². The molecule has 10 heteroatoms. The van der Waals surface area contributed by atoms with E-state index >= 15 is 0 Å². The maximum absolute atomic E-state index is 13.5. The van der Waals surface area contributed by atoms with Crippen LogP contribution in [0.15, 0.2) is 53.4 Å². The molecule has 1 aliphatic rings. The Bertz CT molecular complexity index is 1130. The van der Waals surface area contributed by atoms with Gasteiger partial charge in [-0.05, 0) is 48.7 Å². The minimum absolute atomic E-state index is 0.189. The second kappa shape index (κ2) is 11.2. The Kier molecular flexibility index (Phi) is 8.29. The number of nitrogens with zero attached hydrogens (tertiary/aromatic N) is 1. The second-order valence-electron chi connectivity index (χ2n) is 7.50. The summed E-state index contributed by atoms with van der Waals surface area (Å²) in [5, 5.41) is 2.18. The average molecular weight is 479 g/mol. The lowest BCUT2D eigenvalue weighted by atomic mass is 10.2. The number of carbonyl (C=O) groups is 2. The molecule has 0 atom stereocenters. The third-order valence-electron chi connectivity index (χ3n) is 5.05. The van der Waals surface area contributed by atoms with E-state index in [9.17, 15) is 26.8 Å². The molecule has 1 amide bonds. The number of amides is 1. The van der Waals surface area contributed by atoms with E-state index < -0.39 is 40.1 Å². The molecule has 1 N–H and O–H groups in total. The van der Waals surface area contributed by atoms with Crippen molar-refractivity contribution in [1.29, 1.82) is 0 Å². The molecule has 1 fully saturated rings. The van der Waals surface area contributed by atoms with Gasteiger partial charge in [-0.25, -0.2) is 22.0 Å². The van der Waals surface area contributed by atoms with Crippen LogP contribution in [0, 0.1) is 11.6 Å². The quantitative estimate of drug-likeness (QED) is 0.484. The van der Waals surface area contributed by atoms with E-state index in [0.29, 0.717) is 24.7 Å². The average Bonchev–Trinajstić information content (AvgIpc) is 3.09. The summed E-state index contributed by atoms with van der Waals surface area (Å²) in [5.41, 5.74) is 0.336. The number of halogens is 2. The van der Waals surface area contributed by atoms with E-state index in [1.165, 1.54) is 22.5 Å². The highest BCUT2D eigenvalue weighted by Crippen LogP contribution is 2.21. The fraction of sp³-hybridized carbons (Fsp3) is 0.304. The summed E-state index contributed by atoms with van der Waals surface area (Å²) in [5.74, 6) is -3.33. The van der Waals surface area contributed by atoms with Crippen LogP contribution in [-0.4, -0.2) is 44.3 Å². The number of ether oxygens (including phenoxy) is 1. The molecule has 0 bridgehead atoms. The molecule has 0 aromatic heterocycles. The number of hydrogen-bond acceptors (Lipinski definition) is 5. The number of carbonyl (C=O) groups excluding carboxylic acids is 2. The van der Waals surface area contributed by atoms with Gasteiger partial charge in [-0.15, -0.1) is 0 Å². The van der Waals surface area contributed by atoms with Crippen molar-refractivity contribution in [3.05, 3.63) is 65.7 Å². The summed E-state index contributed by atoms with van der Waals surface area (Å²) in [6.45, 7) is 0.363. The Morgan fingerprint density at radius 3 is 2.30 bits per heavy atom. The number of anilines is 1. The van der Waals surface area contributed by atoms with Crippen LogP contribution in [-0.2, 0) is 24.3 Å². The first-order chi connectivity index (χ1) is 15.8. The second-order valence-corrected chi connectivity index (χ2v) is 9.44. The highest BCUT2D eigenvalue weighted by Gasteiger charge is 2.24. The number of benzene rings is 2. The van der Waals surface area contributed by atoms with Crippen molar-refractivity contribution in [1.82, 2.24) is 4.31 Å². The van der Waals surface area contributed by atoms with Crippen LogP contribution in [0.25, 0.3) is 6.08 Å². The van der Waals surface area contributed by atoms with Crippen molar-refractivity contribution < 1.29 is 31.5 Å². The topological polar surface area (TPSA) is 92.8 Å². The standard InChI is InChI=1S/C23H24F2N2O5S/c24-18-8-11-21(20(25)15-18)26-22(28)16-32-23(29)12-7-17-5-9-19(10-6-17)33(30,31)27-13-3-1-2-4-14-27/h5-12,15H,1-4,13-14,16H2,(H,26,28)/b12-7+. The summed E-state index contributed by atoms with van der Waals surface area (Å²) in [4.78, 5) is 23.8. The molecule has 0 spiro atoms. The Labute approximate surface area is 191 Å². The first kappa shape index (κ1) is 24.5. The molecule has 1 heterocycles. The highest BCUT2D eigenvalue weighted by atomic mass is 32.2. The Morgan fingerprint density at radius 1 is 1.00 bits per heavy atom. The molecular weight excluding hydrogens is 454 g/mol. The first-order valence-corrected chi connectivity index (χ1v) is 11.9. The van der Waals surface area contributed by atoms with Crippen molar-refractivity contribution in [2.45, 2.75) is 30.6 Å². The number of nitrogens with one attached hydrogen (secondary N) is 1. The van der Waals surface area contributed by atoms with Gasteiger partial charge in [0.05, 0.1) is 10.6 Å². The zero-order valence-electron chi connectivity index (χ0n) is 17.8. The van der Waals surface area contributed by atoms with E-state index in [4.69, 9.17) is 4.74 Å². The normalized spacial score (nSPS) is 15.2. The predicted octanol–water partition coefficient (Wildman–Crippen LogP) is 3.72. The van der Waals surface area contributed by atoms with Crippen molar-refractivity contribution in [2.75, 3.05) is 25.0 Å². The van der Waals surface area contributed by atoms with E-state index in [2.05, 4.69) is 5.32 Å². The third-order valence-corrected chi connectivity index (χ3v) is 6.96. The summed E-state index contributed by atoms with van der Waals surface area (Å²) >= 11 is 0. The molecule has 1 aliphatic heterocycles. The molecule has 0 unspecified atom stereocenters. The molecule has 0 radical (unpaired) electrons. The largest absolute Gasteiger partial charge is 0.452 e. The van der Waals surface area contributed by atoms with Gasteiger partial charge in [0.2, 0.25) is 10.0 Å². The molecule has 176 valence electrons. The fourth-order valence-corrected chi connectivity index (χ4v) is 4.83. The van der Waals surface area contributed by atoms with E-state index in [0.717, 1.165) is 43.9 Å². The maximum Gasteiger partial charge on any atom is 0.331 e. The van der Waals surface area contributed by atoms with Gasteiger partial charge in [-0.3, -0.25) is 4.79 Å². The number of hydrogen-bond donors (Lipinski definition) is 1. The monoisotopic (exact) mass is 478 g/mol. The smallest absolute Gasteiger partial charge is 0.331 e. The minimum atomic E-state index is -3.56. The minimum Gasteiger partial charge on any atom is -0.452 e. The van der Waals surface area contributed by atoms with E-state index in [-0.39, 0.29) is 10.6 Å². The van der Waals surface area contributed by atoms with Crippen LogP contribution in [0.2, 0.25) is 0 Å². The maximum atomic E-state index is 13.5. The summed E-state index contributed by atoms with van der Waals surface area (Å²) in [7, 11) is -3.56. The third kappa shape index (κ3) is 6.93. The Morgan fingerprint density at radius 2 is 1.67 bits per heavy atom. The van der Waals surface area contributed by atoms with Gasteiger partial charge in [0.25, 0.3) is 5.91 Å². The van der Waals surface area contributed by atoms with Gasteiger partial charge in [0, 0.05) is 25.2 Å². The molecule has 7 nitrogen and oxygen atoms in total. The van der Waals surface area contributed by atoms with E-state index in [1.54, 1.807) is 12.1 Å². The van der Waals surface area contributed by atoms with Crippen LogP contribution < -0.4 is 5.32 Å². The summed E-state index contributed by atoms with van der Waals surface area (Å²) in [6.07, 6.45) is 6.25. The lowest BCUT2D eigenvalue weighted by molar-refractivity contribution is -0.142. The zero-order valence-corrected chi connectivity index (χ0v) is 18.6. The molecule has 33 heavy (non-hydrogen) atoms. The molecule has 0 aliphatic carbocycles. The molecule has 2 aromatic carbocycles. The van der Waals surface area contributed by atoms with Gasteiger partial charge in [-0.2, -0.15) is 4.31 Å². The van der Waals surface area contributed by atoms with Crippen molar-refractivity contribution >= 4 is 33.7 Å². The molecular formula is C23H24F2N2O5S. The Balaban J connectivity index is 1.52. The van der Waals surface area contributed by atoms with Crippen molar-refractivity contribution in [2.24, 2.45) is 0 Å². The van der Waals surface area contributed by atoms with Crippen molar-refractivity contribution in [3.63, 3.8) is 0 Å². The molecule has 1 saturated heterocycles. The Hall–Kier alpha value is -3.11. The number of rotatable bonds is 7. The molecule has 3 rings (SSSR count). The van der Waals surface area contributed by atoms with E-state index in [1.807, 2.05) is 0 Å². The van der Waals surface area contributed by atoms with Crippen LogP contribution in [0.3, 0.4) is 0 Å². The van der Waals surface area contributed by atoms with Crippen molar-refractivity contribution in [3.8, 4) is 0 Å². The zero-order chi connectivity index (χ0) is 23.8. The van der Waals surface area contributed by atoms with Crippen LogP contribution in [0.5, 0.6) is 0 Å². The molecule has 0 saturated carbocycles. The van der Waals surface area contributed by atoms with Gasteiger partial charge in [0.1, 0.15) is 11.6 Å². The first-order valence-electron chi connectivity index (χ1n) is 10.5. The van der Waals surface area contributed by atoms with Gasteiger partial charge in [-0.1, -0.05) is 25.0 Å². The van der Waals surface area contributed by atoms with Crippen LogP contribution in [0.4, 0.5) is 14.5 Å². The fourth-order valence-electron chi connectivity index (χ4n) is 3.31. The number of sulfonamides is 1. The number of esters is 1. The summed E-state index contributed by atoms with van der Waals surface area (Å²) in [6, 6.07) is 8.76. The van der Waals surface area contributed by atoms with Crippen LogP contribution >= 0.6 is 0 Å². The van der Waals surface area contributed by atoms with Gasteiger partial charge >= 0.3 is 5.97 Å². The SMILES string of the molecule is O=C(COC(=O)/C=C/c1ccc(S(=O)(=O)N2CCCCCC2)cc1)Nc1ccc(F)cc1F. The van der Waals surface area contributed by atoms with Gasteiger partial charge in [0.15, 0.2) is 6.61 Å².